The number of H-pyrrole nitrogens is 1. The summed E-state index contributed by atoms with van der Waals surface area (Å²) in [7, 11) is -3.84. The fourth-order valence-electron chi connectivity index (χ4n) is 3.49. The van der Waals surface area contributed by atoms with Gasteiger partial charge in [0, 0.05) is 20.5 Å². The first kappa shape index (κ1) is 17.9. The van der Waals surface area contributed by atoms with Crippen LogP contribution in [-0.2, 0) is 10.0 Å². The van der Waals surface area contributed by atoms with Crippen LogP contribution >= 0.6 is 11.3 Å². The van der Waals surface area contributed by atoms with Crippen molar-refractivity contribution in [3.63, 3.8) is 0 Å². The van der Waals surface area contributed by atoms with Crippen LogP contribution in [-0.4, -0.2) is 23.8 Å². The monoisotopic (exact) mass is 424 g/mol. The Hall–Kier alpha value is -3.17. The number of hydrogen-bond donors (Lipinski definition) is 2. The van der Waals surface area contributed by atoms with Gasteiger partial charge in [0.25, 0.3) is 10.0 Å². The number of thiophene rings is 1. The lowest BCUT2D eigenvalue weighted by molar-refractivity contribution is 0.390. The first-order chi connectivity index (χ1) is 13.9. The van der Waals surface area contributed by atoms with E-state index < -0.39 is 10.0 Å². The summed E-state index contributed by atoms with van der Waals surface area (Å²) < 4.78 is 34.7. The fraction of sp³-hybridized carbons (Fsp3) is 0.100. The first-order valence-electron chi connectivity index (χ1n) is 8.84. The molecule has 0 unspecified atom stereocenters. The molecule has 146 valence electrons. The molecule has 0 aliphatic rings. The summed E-state index contributed by atoms with van der Waals surface area (Å²) in [5.41, 5.74) is 2.52. The second-order valence-corrected chi connectivity index (χ2v) is 9.47. The van der Waals surface area contributed by atoms with E-state index >= 15 is 0 Å². The van der Waals surface area contributed by atoms with Crippen LogP contribution < -0.4 is 4.72 Å². The van der Waals surface area contributed by atoms with Gasteiger partial charge in [-0.3, -0.25) is 9.82 Å². The van der Waals surface area contributed by atoms with Gasteiger partial charge in [0.2, 0.25) is 0 Å². The largest absolute Gasteiger partial charge is 0.360 e. The third-order valence-electron chi connectivity index (χ3n) is 4.73. The maximum Gasteiger partial charge on any atom is 0.267 e. The zero-order valence-electron chi connectivity index (χ0n) is 15.6. The number of aromatic amines is 1. The SMILES string of the molecule is Cc1noc(C)c1S(=O)(=O)Nc1cc(-c2cc3ccccc3s2)c2[nH]ncc2c1. The van der Waals surface area contributed by atoms with Crippen molar-refractivity contribution < 1.29 is 12.9 Å². The molecule has 0 amide bonds. The van der Waals surface area contributed by atoms with Gasteiger partial charge in [0.1, 0.15) is 5.69 Å². The van der Waals surface area contributed by atoms with Gasteiger partial charge in [-0.05, 0) is 43.5 Å². The maximum absolute atomic E-state index is 12.9. The number of benzene rings is 2. The molecule has 3 heterocycles. The molecule has 9 heteroatoms. The van der Waals surface area contributed by atoms with E-state index in [1.54, 1.807) is 37.4 Å². The van der Waals surface area contributed by atoms with Crippen LogP contribution in [0.3, 0.4) is 0 Å². The summed E-state index contributed by atoms with van der Waals surface area (Å²) in [5, 5.41) is 12.9. The van der Waals surface area contributed by atoms with Crippen LogP contribution in [0.25, 0.3) is 31.4 Å². The number of nitrogens with one attached hydrogen (secondary N) is 2. The van der Waals surface area contributed by atoms with Crippen molar-refractivity contribution in [1.29, 1.82) is 0 Å². The van der Waals surface area contributed by atoms with E-state index in [4.69, 9.17) is 4.52 Å². The van der Waals surface area contributed by atoms with Crippen molar-refractivity contribution in [1.82, 2.24) is 15.4 Å². The minimum absolute atomic E-state index is 0.0632. The summed E-state index contributed by atoms with van der Waals surface area (Å²) in [5.74, 6) is 0.254. The number of aromatic nitrogens is 3. The number of rotatable bonds is 4. The molecule has 5 aromatic rings. The van der Waals surface area contributed by atoms with Gasteiger partial charge in [-0.25, -0.2) is 8.42 Å². The van der Waals surface area contributed by atoms with E-state index in [0.717, 1.165) is 31.4 Å². The topological polar surface area (TPSA) is 101 Å². The average Bonchev–Trinajstić information content (AvgIpc) is 3.38. The van der Waals surface area contributed by atoms with Gasteiger partial charge in [-0.2, -0.15) is 5.10 Å². The molecule has 2 aromatic carbocycles. The van der Waals surface area contributed by atoms with Gasteiger partial charge >= 0.3 is 0 Å². The predicted molar refractivity (Wildman–Crippen MR) is 114 cm³/mol. The van der Waals surface area contributed by atoms with Crippen molar-refractivity contribution in [2.45, 2.75) is 18.7 Å². The smallest absolute Gasteiger partial charge is 0.267 e. The Kier molecular flexibility index (Phi) is 3.97. The lowest BCUT2D eigenvalue weighted by atomic mass is 10.1. The molecule has 0 bridgehead atoms. The highest BCUT2D eigenvalue weighted by atomic mass is 32.2. The minimum atomic E-state index is -3.84. The van der Waals surface area contributed by atoms with E-state index in [0.29, 0.717) is 11.4 Å². The summed E-state index contributed by atoms with van der Waals surface area (Å²) in [6.07, 6.45) is 1.68. The molecule has 0 saturated carbocycles. The number of anilines is 1. The van der Waals surface area contributed by atoms with Crippen molar-refractivity contribution >= 4 is 48.0 Å². The molecule has 5 rings (SSSR count). The molecule has 0 spiro atoms. The molecule has 29 heavy (non-hydrogen) atoms. The first-order valence-corrected chi connectivity index (χ1v) is 11.1. The normalized spacial score (nSPS) is 12.1. The summed E-state index contributed by atoms with van der Waals surface area (Å²) in [4.78, 5) is 1.09. The Bertz CT molecular complexity index is 1430. The van der Waals surface area contributed by atoms with Crippen LogP contribution in [0.1, 0.15) is 11.5 Å². The van der Waals surface area contributed by atoms with E-state index in [1.807, 2.05) is 18.2 Å². The molecule has 0 aliphatic carbocycles. The average molecular weight is 425 g/mol. The van der Waals surface area contributed by atoms with Crippen molar-refractivity contribution in [2.24, 2.45) is 0 Å². The van der Waals surface area contributed by atoms with Gasteiger partial charge in [0.15, 0.2) is 10.7 Å². The Labute approximate surface area is 170 Å². The second-order valence-electron chi connectivity index (χ2n) is 6.77. The quantitative estimate of drug-likeness (QED) is 0.429. The lowest BCUT2D eigenvalue weighted by Gasteiger charge is -2.10. The Morgan fingerprint density at radius 3 is 2.69 bits per heavy atom. The highest BCUT2D eigenvalue weighted by molar-refractivity contribution is 7.92. The second kappa shape index (κ2) is 6.43. The molecule has 7 nitrogen and oxygen atoms in total. The zero-order chi connectivity index (χ0) is 20.2. The van der Waals surface area contributed by atoms with Crippen molar-refractivity contribution in [2.75, 3.05) is 4.72 Å². The maximum atomic E-state index is 12.9. The molecule has 2 N–H and O–H groups in total. The van der Waals surface area contributed by atoms with Gasteiger partial charge in [-0.15, -0.1) is 11.3 Å². The van der Waals surface area contributed by atoms with E-state index in [9.17, 15) is 8.42 Å². The molecular weight excluding hydrogens is 408 g/mol. The third-order valence-corrected chi connectivity index (χ3v) is 7.50. The Morgan fingerprint density at radius 1 is 1.10 bits per heavy atom. The van der Waals surface area contributed by atoms with Crippen LogP contribution in [0, 0.1) is 13.8 Å². The van der Waals surface area contributed by atoms with E-state index in [-0.39, 0.29) is 10.7 Å². The van der Waals surface area contributed by atoms with Gasteiger partial charge in [0.05, 0.1) is 17.4 Å². The molecule has 0 atom stereocenters. The van der Waals surface area contributed by atoms with Crippen LogP contribution in [0.5, 0.6) is 0 Å². The molecule has 0 saturated heterocycles. The number of fused-ring (bicyclic) bond motifs is 2. The number of aryl methyl sites for hydroxylation is 2. The van der Waals surface area contributed by atoms with E-state index in [1.165, 1.54) is 0 Å². The van der Waals surface area contributed by atoms with Crippen LogP contribution in [0.4, 0.5) is 5.69 Å². The van der Waals surface area contributed by atoms with Crippen molar-refractivity contribution in [3.8, 4) is 10.4 Å². The standard InChI is InChI=1S/C20H16N4O3S2/c1-11-20(12(2)27-23-11)29(25,26)24-15-7-14-10-21-22-19(14)16(9-15)18-8-13-5-3-4-6-17(13)28-18/h3-10,24H,1-2H3,(H,21,22). The fourth-order valence-corrected chi connectivity index (χ4v) is 5.95. The molecule has 0 fully saturated rings. The highest BCUT2D eigenvalue weighted by Gasteiger charge is 2.25. The Morgan fingerprint density at radius 2 is 1.93 bits per heavy atom. The lowest BCUT2D eigenvalue weighted by Crippen LogP contribution is -2.14. The summed E-state index contributed by atoms with van der Waals surface area (Å²) in [6, 6.07) is 13.8. The number of nitrogens with zero attached hydrogens (tertiary/aromatic N) is 2. The molecule has 3 aromatic heterocycles. The Balaban J connectivity index is 1.65. The van der Waals surface area contributed by atoms with Gasteiger partial charge < -0.3 is 4.52 Å². The van der Waals surface area contributed by atoms with Crippen LogP contribution in [0.15, 0.2) is 58.1 Å². The zero-order valence-corrected chi connectivity index (χ0v) is 17.2. The molecular formula is C20H16N4O3S2. The third kappa shape index (κ3) is 2.99. The number of sulfonamides is 1. The molecule has 0 aliphatic heterocycles. The minimum Gasteiger partial charge on any atom is -0.360 e. The summed E-state index contributed by atoms with van der Waals surface area (Å²) in [6.45, 7) is 3.18. The van der Waals surface area contributed by atoms with Crippen LogP contribution in [0.2, 0.25) is 0 Å². The number of hydrogen-bond acceptors (Lipinski definition) is 6. The molecule has 0 radical (unpaired) electrons. The van der Waals surface area contributed by atoms with E-state index in [2.05, 4.69) is 38.3 Å². The van der Waals surface area contributed by atoms with Crippen molar-refractivity contribution in [3.05, 3.63) is 60.1 Å². The highest BCUT2D eigenvalue weighted by Crippen LogP contribution is 2.38. The van der Waals surface area contributed by atoms with Gasteiger partial charge in [-0.1, -0.05) is 23.4 Å². The summed E-state index contributed by atoms with van der Waals surface area (Å²) >= 11 is 1.65. The predicted octanol–water partition coefficient (Wildman–Crippen LogP) is 4.85.